The Bertz CT molecular complexity index is 1410. The van der Waals surface area contributed by atoms with E-state index in [0.717, 1.165) is 54.8 Å². The van der Waals surface area contributed by atoms with Crippen molar-refractivity contribution in [3.05, 3.63) is 73.1 Å². The van der Waals surface area contributed by atoms with Crippen LogP contribution in [-0.4, -0.2) is 34.7 Å². The Labute approximate surface area is 249 Å². The number of unbranched alkanes of at least 4 members (excludes halogenated alkanes) is 1. The van der Waals surface area contributed by atoms with Crippen molar-refractivity contribution in [3.8, 4) is 11.3 Å². The van der Waals surface area contributed by atoms with Crippen LogP contribution in [0.15, 0.2) is 35.9 Å². The molecule has 1 amide bonds. The number of amides is 1. The third-order valence-electron chi connectivity index (χ3n) is 7.11. The zero-order valence-electron chi connectivity index (χ0n) is 23.0. The van der Waals surface area contributed by atoms with Gasteiger partial charge in [-0.15, -0.1) is 11.3 Å². The number of aryl methyl sites for hydroxylation is 2. The first-order valence-electron chi connectivity index (χ1n) is 13.7. The average molecular weight is 602 g/mol. The number of aromatic nitrogens is 1. The molecule has 9 heteroatoms. The normalized spacial score (nSPS) is 13.5. The molecule has 2 N–H and O–H groups in total. The zero-order valence-corrected chi connectivity index (χ0v) is 25.3. The smallest absolute Gasteiger partial charge is 0.331 e. The van der Waals surface area contributed by atoms with Crippen molar-refractivity contribution < 1.29 is 19.4 Å². The van der Waals surface area contributed by atoms with E-state index in [9.17, 15) is 9.59 Å². The number of nitrogens with zero attached hydrogens (tertiary/aromatic N) is 1. The Morgan fingerprint density at radius 2 is 1.93 bits per heavy atom. The molecule has 0 saturated heterocycles. The maximum atomic E-state index is 13.1. The van der Waals surface area contributed by atoms with Crippen LogP contribution in [0.1, 0.15) is 78.4 Å². The van der Waals surface area contributed by atoms with Gasteiger partial charge in [-0.2, -0.15) is 0 Å². The average Bonchev–Trinajstić information content (AvgIpc) is 3.34. The van der Waals surface area contributed by atoms with E-state index in [1.165, 1.54) is 60.4 Å². The van der Waals surface area contributed by atoms with E-state index in [-0.39, 0.29) is 33.2 Å². The molecule has 1 heterocycles. The summed E-state index contributed by atoms with van der Waals surface area (Å²) in [7, 11) is 0. The minimum atomic E-state index is -1.07. The van der Waals surface area contributed by atoms with Gasteiger partial charge in [-0.3, -0.25) is 10.1 Å². The first-order valence-corrected chi connectivity index (χ1v) is 15.2. The predicted molar refractivity (Wildman–Crippen MR) is 164 cm³/mol. The molecule has 3 aromatic rings. The van der Waals surface area contributed by atoms with E-state index in [1.807, 2.05) is 0 Å². The number of rotatable bonds is 12. The van der Waals surface area contributed by atoms with Gasteiger partial charge in [-0.05, 0) is 75.3 Å². The molecule has 0 spiro atoms. The second-order valence-corrected chi connectivity index (χ2v) is 11.8. The number of hydrogen-bond acceptors (Lipinski definition) is 5. The van der Waals surface area contributed by atoms with Crippen molar-refractivity contribution >= 4 is 57.6 Å². The Morgan fingerprint density at radius 1 is 1.18 bits per heavy atom. The molecule has 0 saturated carbocycles. The van der Waals surface area contributed by atoms with Crippen molar-refractivity contribution in [3.63, 3.8) is 0 Å². The molecule has 1 atom stereocenters. The van der Waals surface area contributed by atoms with Crippen LogP contribution in [0.5, 0.6) is 0 Å². The lowest BCUT2D eigenvalue weighted by molar-refractivity contribution is -0.132. The first-order chi connectivity index (χ1) is 19.2. The van der Waals surface area contributed by atoms with Gasteiger partial charge in [0.2, 0.25) is 0 Å². The van der Waals surface area contributed by atoms with Crippen molar-refractivity contribution in [1.82, 2.24) is 4.98 Å². The lowest BCUT2D eigenvalue weighted by Gasteiger charge is -2.21. The molecule has 1 aromatic heterocycles. The quantitative estimate of drug-likeness (QED) is 0.203. The number of carboxylic acid groups (broad SMARTS) is 1. The fourth-order valence-corrected chi connectivity index (χ4v) is 6.57. The Morgan fingerprint density at radius 3 is 2.60 bits per heavy atom. The fourth-order valence-electron chi connectivity index (χ4n) is 5.01. The number of carbonyl (C=O) groups is 2. The van der Waals surface area contributed by atoms with Gasteiger partial charge in [0, 0.05) is 33.7 Å². The Hall–Kier alpha value is -2.71. The van der Waals surface area contributed by atoms with Gasteiger partial charge in [0.1, 0.15) is 0 Å². The van der Waals surface area contributed by atoms with E-state index in [4.69, 9.17) is 38.0 Å². The van der Waals surface area contributed by atoms with Gasteiger partial charge in [-0.25, -0.2) is 9.78 Å². The number of nitrogens with one attached hydrogen (secondary N) is 1. The molecule has 212 valence electrons. The van der Waals surface area contributed by atoms with E-state index >= 15 is 0 Å². The number of carboxylic acids is 1. The minimum Gasteiger partial charge on any atom is -0.478 e. The minimum absolute atomic E-state index is 0.0865. The number of halogens is 2. The third kappa shape index (κ3) is 7.13. The molecule has 0 aliphatic heterocycles. The van der Waals surface area contributed by atoms with Crippen molar-refractivity contribution in [2.24, 2.45) is 0 Å². The van der Waals surface area contributed by atoms with Crippen LogP contribution in [0.4, 0.5) is 5.13 Å². The van der Waals surface area contributed by atoms with Crippen molar-refractivity contribution in [2.75, 3.05) is 11.9 Å². The maximum absolute atomic E-state index is 13.1. The first kappa shape index (κ1) is 30.3. The highest BCUT2D eigenvalue weighted by atomic mass is 35.5. The van der Waals surface area contributed by atoms with Gasteiger partial charge >= 0.3 is 5.97 Å². The monoisotopic (exact) mass is 600 g/mol. The molecular formula is C31H34Cl2N2O4S. The van der Waals surface area contributed by atoms with Crippen LogP contribution in [0.2, 0.25) is 10.0 Å². The zero-order chi connectivity index (χ0) is 28.8. The van der Waals surface area contributed by atoms with E-state index in [1.54, 1.807) is 0 Å². The van der Waals surface area contributed by atoms with Gasteiger partial charge in [-0.1, -0.05) is 61.2 Å². The summed E-state index contributed by atoms with van der Waals surface area (Å²) in [6.07, 6.45) is 8.91. The SMILES string of the molecule is CCCCC(CCc1cccc2c1CCc1sc(NC(=O)c3cc(Cl)c(/C=C(\C)C(=O)O)c(Cl)c3)nc1-2)OCC. The summed E-state index contributed by atoms with van der Waals surface area (Å²) < 4.78 is 6.00. The Kier molecular flexibility index (Phi) is 10.4. The molecule has 0 fully saturated rings. The lowest BCUT2D eigenvalue weighted by atomic mass is 9.87. The summed E-state index contributed by atoms with van der Waals surface area (Å²) in [4.78, 5) is 30.2. The summed E-state index contributed by atoms with van der Waals surface area (Å²) in [5.41, 5.74) is 5.45. The topological polar surface area (TPSA) is 88.5 Å². The molecule has 6 nitrogen and oxygen atoms in total. The van der Waals surface area contributed by atoms with Crippen LogP contribution in [-0.2, 0) is 28.8 Å². The number of anilines is 1. The van der Waals surface area contributed by atoms with Crippen molar-refractivity contribution in [1.29, 1.82) is 0 Å². The number of benzene rings is 2. The molecule has 0 radical (unpaired) electrons. The van der Waals surface area contributed by atoms with Gasteiger partial charge in [0.25, 0.3) is 5.91 Å². The molecule has 1 aliphatic rings. The maximum Gasteiger partial charge on any atom is 0.331 e. The summed E-state index contributed by atoms with van der Waals surface area (Å²) >= 11 is 14.2. The van der Waals surface area contributed by atoms with Crippen LogP contribution in [0.3, 0.4) is 0 Å². The molecule has 1 aliphatic carbocycles. The lowest BCUT2D eigenvalue weighted by Crippen LogP contribution is -2.15. The number of fused-ring (bicyclic) bond motifs is 3. The van der Waals surface area contributed by atoms with Crippen LogP contribution < -0.4 is 5.32 Å². The van der Waals surface area contributed by atoms with E-state index in [2.05, 4.69) is 37.4 Å². The highest BCUT2D eigenvalue weighted by molar-refractivity contribution is 7.16. The summed E-state index contributed by atoms with van der Waals surface area (Å²) in [6.45, 7) is 6.46. The standard InChI is InChI=1S/C31H34Cl2N2O4S/c1-4-6-9-21(39-5-2)12-11-19-8-7-10-23-22(19)13-14-27-28(23)34-31(40-27)35-29(36)20-16-25(32)24(26(33)17-20)15-18(3)30(37)38/h7-8,10,15-17,21H,4-6,9,11-14H2,1-3H3,(H,37,38)(H,34,35,36)/b18-15+. The number of aliphatic carboxylic acids is 1. The number of thiazole rings is 1. The molecule has 4 rings (SSSR count). The van der Waals surface area contributed by atoms with Crippen LogP contribution in [0.25, 0.3) is 17.3 Å². The van der Waals surface area contributed by atoms with E-state index < -0.39 is 5.97 Å². The summed E-state index contributed by atoms with van der Waals surface area (Å²) in [5.74, 6) is -1.46. The highest BCUT2D eigenvalue weighted by Gasteiger charge is 2.24. The number of hydrogen-bond donors (Lipinski definition) is 2. The Balaban J connectivity index is 1.51. The molecular weight excluding hydrogens is 567 g/mol. The van der Waals surface area contributed by atoms with E-state index in [0.29, 0.717) is 10.7 Å². The molecule has 0 bridgehead atoms. The van der Waals surface area contributed by atoms with Gasteiger partial charge < -0.3 is 9.84 Å². The largest absolute Gasteiger partial charge is 0.478 e. The van der Waals surface area contributed by atoms with Crippen LogP contribution in [0, 0.1) is 0 Å². The third-order valence-corrected chi connectivity index (χ3v) is 8.76. The second kappa shape index (κ2) is 13.8. The van der Waals surface area contributed by atoms with Gasteiger partial charge in [0.15, 0.2) is 5.13 Å². The summed E-state index contributed by atoms with van der Waals surface area (Å²) in [5, 5.41) is 12.9. The van der Waals surface area contributed by atoms with Gasteiger partial charge in [0.05, 0.1) is 21.8 Å². The fraction of sp³-hybridized carbons (Fsp3) is 0.387. The van der Waals surface area contributed by atoms with Crippen molar-refractivity contribution in [2.45, 2.75) is 71.8 Å². The highest BCUT2D eigenvalue weighted by Crippen LogP contribution is 2.40. The predicted octanol–water partition coefficient (Wildman–Crippen LogP) is 8.48. The van der Waals surface area contributed by atoms with Crippen LogP contribution >= 0.6 is 34.5 Å². The number of carbonyl (C=O) groups excluding carboxylic acids is 1. The summed E-state index contributed by atoms with van der Waals surface area (Å²) in [6, 6.07) is 9.38. The number of ether oxygens (including phenoxy) is 1. The molecule has 1 unspecified atom stereocenters. The second-order valence-electron chi connectivity index (χ2n) is 9.93. The molecule has 2 aromatic carbocycles. The molecule has 40 heavy (non-hydrogen) atoms.